The topological polar surface area (TPSA) is 56.8 Å². The summed E-state index contributed by atoms with van der Waals surface area (Å²) < 4.78 is 5.34. The molecule has 1 aromatic heterocycles. The first-order chi connectivity index (χ1) is 14.6. The summed E-state index contributed by atoms with van der Waals surface area (Å²) in [4.78, 5) is 16.7. The van der Waals surface area contributed by atoms with Crippen molar-refractivity contribution in [3.05, 3.63) is 30.3 Å². The van der Waals surface area contributed by atoms with Crippen molar-refractivity contribution in [1.29, 1.82) is 0 Å². The number of anilines is 4. The quantitative estimate of drug-likeness (QED) is 0.778. The van der Waals surface area contributed by atoms with E-state index >= 15 is 0 Å². The van der Waals surface area contributed by atoms with Crippen molar-refractivity contribution in [1.82, 2.24) is 14.9 Å². The zero-order valence-electron chi connectivity index (χ0n) is 18.5. The van der Waals surface area contributed by atoms with E-state index in [1.165, 1.54) is 32.1 Å². The second-order valence-corrected chi connectivity index (χ2v) is 8.48. The molecule has 2 fully saturated rings. The summed E-state index contributed by atoms with van der Waals surface area (Å²) in [6.07, 6.45) is 6.91. The lowest BCUT2D eigenvalue weighted by molar-refractivity contribution is 0.147. The van der Waals surface area contributed by atoms with Gasteiger partial charge in [0.05, 0.1) is 7.11 Å². The van der Waals surface area contributed by atoms with E-state index in [0.717, 1.165) is 61.2 Å². The van der Waals surface area contributed by atoms with Gasteiger partial charge in [0.2, 0.25) is 5.95 Å². The molecule has 0 atom stereocenters. The molecule has 1 saturated carbocycles. The number of methoxy groups -OCH3 is 1. The van der Waals surface area contributed by atoms with Crippen LogP contribution in [0.2, 0.25) is 0 Å². The molecular weight excluding hydrogens is 376 g/mol. The number of aromatic nitrogens is 2. The fourth-order valence-electron chi connectivity index (χ4n) is 4.44. The van der Waals surface area contributed by atoms with Crippen LogP contribution >= 0.6 is 0 Å². The van der Waals surface area contributed by atoms with Crippen LogP contribution in [-0.2, 0) is 0 Å². The van der Waals surface area contributed by atoms with Crippen molar-refractivity contribution >= 4 is 23.3 Å². The fraction of sp³-hybridized carbons (Fsp3) is 0.565. The summed E-state index contributed by atoms with van der Waals surface area (Å²) >= 11 is 0. The SMILES string of the molecule is COc1cccc(Nc2cc(N(C)C)nc(N3CCN(C4CCCCC4)CC3)n2)c1. The van der Waals surface area contributed by atoms with Gasteiger partial charge in [-0.1, -0.05) is 25.3 Å². The molecule has 1 aromatic carbocycles. The Morgan fingerprint density at radius 2 is 1.77 bits per heavy atom. The second kappa shape index (κ2) is 9.51. The van der Waals surface area contributed by atoms with Gasteiger partial charge in [-0.05, 0) is 25.0 Å². The highest BCUT2D eigenvalue weighted by Crippen LogP contribution is 2.27. The lowest BCUT2D eigenvalue weighted by Crippen LogP contribution is -2.51. The maximum absolute atomic E-state index is 5.34. The number of nitrogens with zero attached hydrogens (tertiary/aromatic N) is 5. The van der Waals surface area contributed by atoms with E-state index in [9.17, 15) is 0 Å². The minimum atomic E-state index is 0.778. The Hall–Kier alpha value is -2.54. The van der Waals surface area contributed by atoms with Crippen molar-refractivity contribution in [2.75, 3.05) is 62.5 Å². The summed E-state index contributed by atoms with van der Waals surface area (Å²) in [6.45, 7) is 4.15. The number of benzene rings is 1. The van der Waals surface area contributed by atoms with Crippen molar-refractivity contribution in [3.8, 4) is 5.75 Å². The predicted molar refractivity (Wildman–Crippen MR) is 123 cm³/mol. The highest BCUT2D eigenvalue weighted by Gasteiger charge is 2.26. The zero-order valence-corrected chi connectivity index (χ0v) is 18.5. The molecule has 0 amide bonds. The van der Waals surface area contributed by atoms with E-state index in [-0.39, 0.29) is 0 Å². The Labute approximate surface area is 180 Å². The van der Waals surface area contributed by atoms with Crippen molar-refractivity contribution in [2.45, 2.75) is 38.1 Å². The molecule has 0 unspecified atom stereocenters. The van der Waals surface area contributed by atoms with E-state index in [1.54, 1.807) is 7.11 Å². The molecule has 1 N–H and O–H groups in total. The van der Waals surface area contributed by atoms with Crippen LogP contribution in [0.4, 0.5) is 23.3 Å². The van der Waals surface area contributed by atoms with Crippen molar-refractivity contribution < 1.29 is 4.74 Å². The Morgan fingerprint density at radius 1 is 1.00 bits per heavy atom. The smallest absolute Gasteiger partial charge is 0.229 e. The summed E-state index contributed by atoms with van der Waals surface area (Å²) in [5.41, 5.74) is 0.950. The fourth-order valence-corrected chi connectivity index (χ4v) is 4.44. The van der Waals surface area contributed by atoms with Gasteiger partial charge in [0.1, 0.15) is 17.4 Å². The van der Waals surface area contributed by atoms with Gasteiger partial charge < -0.3 is 19.9 Å². The molecule has 7 heteroatoms. The summed E-state index contributed by atoms with van der Waals surface area (Å²) in [5, 5.41) is 3.42. The van der Waals surface area contributed by atoms with Gasteiger partial charge in [0, 0.05) is 64.1 Å². The van der Waals surface area contributed by atoms with Gasteiger partial charge in [-0.2, -0.15) is 9.97 Å². The van der Waals surface area contributed by atoms with E-state index in [1.807, 2.05) is 49.3 Å². The number of hydrogen-bond acceptors (Lipinski definition) is 7. The third-order valence-electron chi connectivity index (χ3n) is 6.19. The molecule has 2 aromatic rings. The highest BCUT2D eigenvalue weighted by atomic mass is 16.5. The monoisotopic (exact) mass is 410 g/mol. The zero-order chi connectivity index (χ0) is 20.9. The van der Waals surface area contributed by atoms with Crippen LogP contribution in [0.5, 0.6) is 5.75 Å². The third-order valence-corrected chi connectivity index (χ3v) is 6.19. The van der Waals surface area contributed by atoms with Crippen LogP contribution in [0, 0.1) is 0 Å². The molecule has 30 heavy (non-hydrogen) atoms. The van der Waals surface area contributed by atoms with Crippen LogP contribution in [-0.4, -0.2) is 68.3 Å². The summed E-state index contributed by atoms with van der Waals surface area (Å²) in [7, 11) is 5.71. The molecule has 0 spiro atoms. The van der Waals surface area contributed by atoms with Crippen LogP contribution in [0.15, 0.2) is 30.3 Å². The molecule has 0 bridgehead atoms. The van der Waals surface area contributed by atoms with Crippen molar-refractivity contribution in [3.63, 3.8) is 0 Å². The average Bonchev–Trinajstić information content (AvgIpc) is 2.79. The second-order valence-electron chi connectivity index (χ2n) is 8.48. The van der Waals surface area contributed by atoms with Gasteiger partial charge in [-0.15, -0.1) is 0 Å². The van der Waals surface area contributed by atoms with Gasteiger partial charge in [-0.3, -0.25) is 4.90 Å². The van der Waals surface area contributed by atoms with Crippen LogP contribution in [0.25, 0.3) is 0 Å². The van der Waals surface area contributed by atoms with Gasteiger partial charge in [-0.25, -0.2) is 0 Å². The lowest BCUT2D eigenvalue weighted by atomic mass is 9.94. The third kappa shape index (κ3) is 4.95. The molecule has 1 aliphatic carbocycles. The normalized spacial score (nSPS) is 18.3. The Morgan fingerprint density at radius 3 is 2.47 bits per heavy atom. The number of rotatable bonds is 6. The molecule has 1 aliphatic heterocycles. The molecular formula is C23H34N6O. The number of ether oxygens (including phenoxy) is 1. The van der Waals surface area contributed by atoms with E-state index in [4.69, 9.17) is 14.7 Å². The highest BCUT2D eigenvalue weighted by molar-refractivity contribution is 5.63. The first-order valence-corrected chi connectivity index (χ1v) is 11.1. The predicted octanol–water partition coefficient (Wildman–Crippen LogP) is 3.75. The number of nitrogens with one attached hydrogen (secondary N) is 1. The minimum absolute atomic E-state index is 0.778. The minimum Gasteiger partial charge on any atom is -0.497 e. The van der Waals surface area contributed by atoms with Gasteiger partial charge in [0.25, 0.3) is 0 Å². The molecule has 1 saturated heterocycles. The average molecular weight is 411 g/mol. The Kier molecular flexibility index (Phi) is 6.57. The van der Waals surface area contributed by atoms with E-state index < -0.39 is 0 Å². The molecule has 2 aliphatic rings. The molecule has 4 rings (SSSR count). The maximum Gasteiger partial charge on any atom is 0.229 e. The molecule has 162 valence electrons. The lowest BCUT2D eigenvalue weighted by Gasteiger charge is -2.40. The van der Waals surface area contributed by atoms with Crippen LogP contribution < -0.4 is 19.9 Å². The summed E-state index contributed by atoms with van der Waals surface area (Å²) in [5.74, 6) is 3.32. The maximum atomic E-state index is 5.34. The van der Waals surface area contributed by atoms with Crippen molar-refractivity contribution in [2.24, 2.45) is 0 Å². The largest absolute Gasteiger partial charge is 0.497 e. The van der Waals surface area contributed by atoms with Crippen LogP contribution in [0.1, 0.15) is 32.1 Å². The molecule has 2 heterocycles. The Balaban J connectivity index is 1.48. The first kappa shape index (κ1) is 20.7. The Bertz CT molecular complexity index is 828. The molecule has 0 radical (unpaired) electrons. The standard InChI is InChI=1S/C23H34N6O/c1-27(2)22-17-21(24-18-8-7-11-20(16-18)30-3)25-23(26-22)29-14-12-28(13-15-29)19-9-5-4-6-10-19/h7-8,11,16-17,19H,4-6,9-10,12-15H2,1-3H3,(H,24,25,26). The van der Waals surface area contributed by atoms with E-state index in [0.29, 0.717) is 0 Å². The van der Waals surface area contributed by atoms with E-state index in [2.05, 4.69) is 15.1 Å². The van der Waals surface area contributed by atoms with Gasteiger partial charge in [0.15, 0.2) is 0 Å². The summed E-state index contributed by atoms with van der Waals surface area (Å²) in [6, 6.07) is 10.7. The first-order valence-electron chi connectivity index (χ1n) is 11.1. The number of piperazine rings is 1. The van der Waals surface area contributed by atoms with Crippen LogP contribution in [0.3, 0.4) is 0 Å². The molecule has 7 nitrogen and oxygen atoms in total. The number of hydrogen-bond donors (Lipinski definition) is 1. The van der Waals surface area contributed by atoms with Gasteiger partial charge >= 0.3 is 0 Å².